The molecule has 2 aromatic rings. The van der Waals surface area contributed by atoms with Crippen molar-refractivity contribution in [3.05, 3.63) is 33.3 Å². The lowest BCUT2D eigenvalue weighted by Crippen LogP contribution is -2.52. The van der Waals surface area contributed by atoms with Crippen molar-refractivity contribution in [1.29, 1.82) is 0 Å². The van der Waals surface area contributed by atoms with E-state index >= 15 is 0 Å². The lowest BCUT2D eigenvalue weighted by Gasteiger charge is -2.37. The van der Waals surface area contributed by atoms with Crippen LogP contribution >= 0.6 is 0 Å². The van der Waals surface area contributed by atoms with Crippen molar-refractivity contribution in [3.8, 4) is 5.88 Å². The molecule has 2 amide bonds. The minimum absolute atomic E-state index is 0.0429. The molecular formula is C24H34N6O4. The summed E-state index contributed by atoms with van der Waals surface area (Å²) in [5.74, 6) is -1.08. The van der Waals surface area contributed by atoms with E-state index in [1.807, 2.05) is 32.7 Å². The highest BCUT2D eigenvalue weighted by Crippen LogP contribution is 2.25. The van der Waals surface area contributed by atoms with Crippen molar-refractivity contribution in [1.82, 2.24) is 29.3 Å². The van der Waals surface area contributed by atoms with Crippen LogP contribution in [0.2, 0.25) is 0 Å². The molecule has 2 fully saturated rings. The molecule has 0 unspecified atom stereocenters. The fraction of sp³-hybridized carbons (Fsp3) is 0.583. The zero-order chi connectivity index (χ0) is 24.7. The van der Waals surface area contributed by atoms with E-state index in [2.05, 4.69) is 15.3 Å². The molecule has 1 saturated carbocycles. The summed E-state index contributed by atoms with van der Waals surface area (Å²) in [6.45, 7) is 10.3. The number of aromatic nitrogens is 3. The molecule has 1 saturated heterocycles. The molecule has 4 rings (SSSR count). The Kier molecular flexibility index (Phi) is 6.53. The number of amides is 2. The topological polar surface area (TPSA) is 112 Å². The first-order valence-electron chi connectivity index (χ1n) is 11.9. The van der Waals surface area contributed by atoms with Crippen LogP contribution in [0.1, 0.15) is 55.2 Å². The highest BCUT2D eigenvalue weighted by molar-refractivity contribution is 5.97. The van der Waals surface area contributed by atoms with Crippen molar-refractivity contribution < 1.29 is 14.7 Å². The second-order valence-corrected chi connectivity index (χ2v) is 9.97. The summed E-state index contributed by atoms with van der Waals surface area (Å²) in [7, 11) is 2.04. The fourth-order valence-electron chi connectivity index (χ4n) is 4.50. The first-order valence-corrected chi connectivity index (χ1v) is 11.9. The summed E-state index contributed by atoms with van der Waals surface area (Å²) in [4.78, 5) is 43.1. The first-order chi connectivity index (χ1) is 16.1. The van der Waals surface area contributed by atoms with Crippen molar-refractivity contribution in [2.75, 3.05) is 26.7 Å². The van der Waals surface area contributed by atoms with Crippen LogP contribution in [-0.2, 0) is 11.3 Å². The van der Waals surface area contributed by atoms with Gasteiger partial charge in [-0.3, -0.25) is 19.0 Å². The summed E-state index contributed by atoms with van der Waals surface area (Å²) >= 11 is 0. The molecule has 0 spiro atoms. The maximum absolute atomic E-state index is 13.4. The van der Waals surface area contributed by atoms with E-state index in [9.17, 15) is 19.5 Å². The van der Waals surface area contributed by atoms with Gasteiger partial charge in [0.1, 0.15) is 5.65 Å². The lowest BCUT2D eigenvalue weighted by atomic mass is 10.1. The van der Waals surface area contributed by atoms with Crippen molar-refractivity contribution >= 4 is 23.5 Å². The summed E-state index contributed by atoms with van der Waals surface area (Å²) in [6.07, 6.45) is 4.89. The van der Waals surface area contributed by atoms with Crippen LogP contribution in [0.15, 0.2) is 10.9 Å². The number of rotatable bonds is 6. The fourth-order valence-corrected chi connectivity index (χ4v) is 4.50. The Labute approximate surface area is 198 Å². The Morgan fingerprint density at radius 2 is 1.97 bits per heavy atom. The molecule has 0 bridgehead atoms. The molecule has 3 heterocycles. The number of carbonyl (C=O) groups excluding carboxylic acids is 2. The molecule has 10 heteroatoms. The maximum atomic E-state index is 13.4. The standard InChI is InChI=1S/C24H34N6O4/c1-14(2)12-29-22-18(8-9-19(31)28-11-10-27(5)13-15(28)3)16(4)26-30(22)24(34)20(23(29)33)21(32)25-17-6-7-17/h8-9,14-15,17,34H,6-7,10-13H2,1-5H3,(H,25,32)/b9-8+/t15-/m1/s1. The van der Waals surface area contributed by atoms with E-state index in [-0.39, 0.29) is 29.5 Å². The normalized spacial score (nSPS) is 19.5. The Bertz CT molecular complexity index is 1210. The lowest BCUT2D eigenvalue weighted by molar-refractivity contribution is -0.130. The Morgan fingerprint density at radius 1 is 1.26 bits per heavy atom. The first kappa shape index (κ1) is 24.0. The van der Waals surface area contributed by atoms with Gasteiger partial charge in [0, 0.05) is 49.9 Å². The number of piperazine rings is 1. The number of hydrogen-bond acceptors (Lipinski definition) is 6. The van der Waals surface area contributed by atoms with E-state index in [0.717, 1.165) is 25.9 Å². The molecule has 10 nitrogen and oxygen atoms in total. The molecule has 1 atom stereocenters. The number of nitrogens with zero attached hydrogens (tertiary/aromatic N) is 5. The van der Waals surface area contributed by atoms with Gasteiger partial charge in [-0.05, 0) is 45.7 Å². The molecule has 2 N–H and O–H groups in total. The van der Waals surface area contributed by atoms with Gasteiger partial charge in [0.25, 0.3) is 11.5 Å². The molecule has 0 radical (unpaired) electrons. The van der Waals surface area contributed by atoms with E-state index in [1.54, 1.807) is 13.0 Å². The largest absolute Gasteiger partial charge is 0.492 e. The van der Waals surface area contributed by atoms with Crippen molar-refractivity contribution in [3.63, 3.8) is 0 Å². The van der Waals surface area contributed by atoms with Crippen LogP contribution in [0.25, 0.3) is 11.7 Å². The monoisotopic (exact) mass is 470 g/mol. The molecule has 184 valence electrons. The van der Waals surface area contributed by atoms with Gasteiger partial charge in [-0.2, -0.15) is 9.61 Å². The van der Waals surface area contributed by atoms with Crippen LogP contribution in [0.5, 0.6) is 5.88 Å². The highest BCUT2D eigenvalue weighted by atomic mass is 16.3. The van der Waals surface area contributed by atoms with Crippen LogP contribution in [0.4, 0.5) is 0 Å². The minimum Gasteiger partial charge on any atom is -0.492 e. The number of carbonyl (C=O) groups is 2. The molecule has 34 heavy (non-hydrogen) atoms. The molecule has 2 aromatic heterocycles. The van der Waals surface area contributed by atoms with E-state index in [4.69, 9.17) is 0 Å². The molecule has 1 aliphatic carbocycles. The second kappa shape index (κ2) is 9.25. The summed E-state index contributed by atoms with van der Waals surface area (Å²) in [5, 5.41) is 18.1. The molecular weight excluding hydrogens is 436 g/mol. The Balaban J connectivity index is 1.78. The third-order valence-electron chi connectivity index (χ3n) is 6.41. The predicted molar refractivity (Wildman–Crippen MR) is 129 cm³/mol. The number of aromatic hydroxyl groups is 1. The summed E-state index contributed by atoms with van der Waals surface area (Å²) in [5.41, 5.74) is 0.609. The zero-order valence-electron chi connectivity index (χ0n) is 20.5. The average molecular weight is 471 g/mol. The number of likely N-dealkylation sites (N-methyl/N-ethyl adjacent to an activating group) is 1. The van der Waals surface area contributed by atoms with Gasteiger partial charge in [0.2, 0.25) is 11.8 Å². The maximum Gasteiger partial charge on any atom is 0.270 e. The quantitative estimate of drug-likeness (QED) is 0.615. The smallest absolute Gasteiger partial charge is 0.270 e. The van der Waals surface area contributed by atoms with Gasteiger partial charge < -0.3 is 20.2 Å². The zero-order valence-corrected chi connectivity index (χ0v) is 20.5. The van der Waals surface area contributed by atoms with Gasteiger partial charge in [-0.25, -0.2) is 0 Å². The summed E-state index contributed by atoms with van der Waals surface area (Å²) in [6, 6.07) is 0.137. The van der Waals surface area contributed by atoms with Gasteiger partial charge >= 0.3 is 0 Å². The van der Waals surface area contributed by atoms with Crippen molar-refractivity contribution in [2.24, 2.45) is 5.92 Å². The van der Waals surface area contributed by atoms with Gasteiger partial charge in [-0.1, -0.05) is 13.8 Å². The van der Waals surface area contributed by atoms with Crippen LogP contribution < -0.4 is 10.9 Å². The average Bonchev–Trinajstić information content (AvgIpc) is 3.50. The predicted octanol–water partition coefficient (Wildman–Crippen LogP) is 1.23. The van der Waals surface area contributed by atoms with Gasteiger partial charge in [-0.15, -0.1) is 0 Å². The molecule has 1 aliphatic heterocycles. The van der Waals surface area contributed by atoms with E-state index in [1.165, 1.54) is 15.2 Å². The number of hydrogen-bond donors (Lipinski definition) is 2. The Morgan fingerprint density at radius 3 is 2.59 bits per heavy atom. The van der Waals surface area contributed by atoms with Crippen LogP contribution in [0.3, 0.4) is 0 Å². The van der Waals surface area contributed by atoms with Crippen LogP contribution in [-0.4, -0.2) is 79.7 Å². The number of fused-ring (bicyclic) bond motifs is 1. The minimum atomic E-state index is -0.589. The molecule has 2 aliphatic rings. The van der Waals surface area contributed by atoms with Gasteiger partial charge in [0.15, 0.2) is 5.56 Å². The van der Waals surface area contributed by atoms with Crippen LogP contribution in [0, 0.1) is 12.8 Å². The highest BCUT2D eigenvalue weighted by Gasteiger charge is 2.30. The van der Waals surface area contributed by atoms with Crippen molar-refractivity contribution in [2.45, 2.75) is 59.2 Å². The number of aryl methyl sites for hydroxylation is 1. The van der Waals surface area contributed by atoms with E-state index in [0.29, 0.717) is 30.0 Å². The second-order valence-electron chi connectivity index (χ2n) is 9.97. The Hall–Kier alpha value is -3.14. The van der Waals surface area contributed by atoms with Gasteiger partial charge in [0.05, 0.1) is 5.69 Å². The van der Waals surface area contributed by atoms with E-state index < -0.39 is 17.3 Å². The summed E-state index contributed by atoms with van der Waals surface area (Å²) < 4.78 is 2.72. The third-order valence-corrected chi connectivity index (χ3v) is 6.41. The number of nitrogens with one attached hydrogen (secondary N) is 1. The SMILES string of the molecule is Cc1nn2c(O)c(C(=O)NC3CC3)c(=O)n(CC(C)C)c2c1/C=C/C(=O)N1CCN(C)C[C@H]1C. The third kappa shape index (κ3) is 4.59. The molecule has 0 aromatic carbocycles.